The van der Waals surface area contributed by atoms with Gasteiger partial charge in [0.15, 0.2) is 11.4 Å². The zero-order valence-electron chi connectivity index (χ0n) is 9.33. The van der Waals surface area contributed by atoms with Gasteiger partial charge in [0, 0.05) is 23.9 Å². The SMILES string of the molecule is COc1c(C)cn2cc(C3CC3)nc2c1F. The van der Waals surface area contributed by atoms with Crippen LogP contribution in [0.4, 0.5) is 4.39 Å². The van der Waals surface area contributed by atoms with Crippen LogP contribution in [0, 0.1) is 12.7 Å². The normalized spacial score (nSPS) is 15.7. The molecule has 1 fully saturated rings. The maximum absolute atomic E-state index is 14.0. The smallest absolute Gasteiger partial charge is 0.208 e. The topological polar surface area (TPSA) is 26.5 Å². The first-order chi connectivity index (χ1) is 7.70. The second kappa shape index (κ2) is 3.20. The lowest BCUT2D eigenvalue weighted by atomic mass is 10.3. The number of aryl methyl sites for hydroxylation is 1. The quantitative estimate of drug-likeness (QED) is 0.777. The highest BCUT2D eigenvalue weighted by Gasteiger charge is 2.27. The van der Waals surface area contributed by atoms with Gasteiger partial charge in [-0.05, 0) is 19.8 Å². The molecule has 0 atom stereocenters. The Morgan fingerprint density at radius 2 is 2.19 bits per heavy atom. The molecule has 0 aliphatic heterocycles. The van der Waals surface area contributed by atoms with Crippen LogP contribution in [-0.2, 0) is 0 Å². The molecule has 16 heavy (non-hydrogen) atoms. The lowest BCUT2D eigenvalue weighted by molar-refractivity contribution is 0.383. The summed E-state index contributed by atoms with van der Waals surface area (Å²) in [6.07, 6.45) is 6.11. The van der Waals surface area contributed by atoms with Gasteiger partial charge in [0.1, 0.15) is 0 Å². The molecular weight excluding hydrogens is 207 g/mol. The van der Waals surface area contributed by atoms with Crippen molar-refractivity contribution in [1.29, 1.82) is 0 Å². The summed E-state index contributed by atoms with van der Waals surface area (Å²) in [5.41, 5.74) is 2.14. The van der Waals surface area contributed by atoms with Gasteiger partial charge >= 0.3 is 0 Å². The van der Waals surface area contributed by atoms with Crippen LogP contribution in [0.5, 0.6) is 5.75 Å². The highest BCUT2D eigenvalue weighted by molar-refractivity contribution is 5.51. The lowest BCUT2D eigenvalue weighted by Crippen LogP contribution is -1.97. The first-order valence-electron chi connectivity index (χ1n) is 5.42. The molecule has 2 heterocycles. The van der Waals surface area contributed by atoms with Gasteiger partial charge in [0.05, 0.1) is 12.8 Å². The van der Waals surface area contributed by atoms with Gasteiger partial charge in [-0.3, -0.25) is 0 Å². The van der Waals surface area contributed by atoms with Gasteiger partial charge < -0.3 is 9.14 Å². The maximum atomic E-state index is 14.0. The monoisotopic (exact) mass is 220 g/mol. The number of methoxy groups -OCH3 is 1. The molecule has 0 saturated heterocycles. The van der Waals surface area contributed by atoms with Gasteiger partial charge in [0.25, 0.3) is 0 Å². The van der Waals surface area contributed by atoms with Crippen molar-refractivity contribution >= 4 is 5.65 Å². The molecule has 0 unspecified atom stereocenters. The highest BCUT2D eigenvalue weighted by atomic mass is 19.1. The van der Waals surface area contributed by atoms with Crippen LogP contribution in [-0.4, -0.2) is 16.5 Å². The summed E-state index contributed by atoms with van der Waals surface area (Å²) in [5, 5.41) is 0. The Kier molecular flexibility index (Phi) is 1.93. The van der Waals surface area contributed by atoms with Crippen molar-refractivity contribution < 1.29 is 9.13 Å². The van der Waals surface area contributed by atoms with E-state index in [0.29, 0.717) is 17.3 Å². The maximum Gasteiger partial charge on any atom is 0.208 e. The molecule has 0 bridgehead atoms. The molecule has 0 spiro atoms. The molecule has 0 amide bonds. The van der Waals surface area contributed by atoms with Crippen LogP contribution >= 0.6 is 0 Å². The van der Waals surface area contributed by atoms with Gasteiger partial charge in [0.2, 0.25) is 5.82 Å². The fraction of sp³-hybridized carbons (Fsp3) is 0.417. The van der Waals surface area contributed by atoms with E-state index in [1.807, 2.05) is 19.3 Å². The molecule has 3 rings (SSSR count). The van der Waals surface area contributed by atoms with Crippen LogP contribution in [0.1, 0.15) is 30.0 Å². The van der Waals surface area contributed by atoms with Gasteiger partial charge in [-0.25, -0.2) is 4.98 Å². The molecule has 2 aromatic heterocycles. The molecule has 0 N–H and O–H groups in total. The second-order valence-corrected chi connectivity index (χ2v) is 4.33. The molecular formula is C12H13FN2O. The minimum absolute atomic E-state index is 0.292. The van der Waals surface area contributed by atoms with Gasteiger partial charge in [-0.15, -0.1) is 0 Å². The number of pyridine rings is 1. The molecule has 2 aromatic rings. The first-order valence-corrected chi connectivity index (χ1v) is 5.42. The standard InChI is InChI=1S/C12H13FN2O/c1-7-5-15-6-9(8-3-4-8)14-12(15)10(13)11(7)16-2/h5-6,8H,3-4H2,1-2H3. The molecule has 4 heteroatoms. The average Bonchev–Trinajstić information content (AvgIpc) is 3.00. The number of imidazole rings is 1. The predicted molar refractivity (Wildman–Crippen MR) is 58.4 cm³/mol. The first kappa shape index (κ1) is 9.63. The number of hydrogen-bond acceptors (Lipinski definition) is 2. The summed E-state index contributed by atoms with van der Waals surface area (Å²) in [7, 11) is 1.48. The second-order valence-electron chi connectivity index (χ2n) is 4.33. The van der Waals surface area contributed by atoms with Crippen molar-refractivity contribution in [1.82, 2.24) is 9.38 Å². The lowest BCUT2D eigenvalue weighted by Gasteiger charge is -2.06. The number of halogens is 1. The number of rotatable bonds is 2. The Balaban J connectivity index is 2.25. The largest absolute Gasteiger partial charge is 0.493 e. The van der Waals surface area contributed by atoms with E-state index in [-0.39, 0.29) is 5.82 Å². The summed E-state index contributed by atoms with van der Waals surface area (Å²) in [6.45, 7) is 1.83. The minimum atomic E-state index is -0.366. The van der Waals surface area contributed by atoms with Crippen LogP contribution in [0.2, 0.25) is 0 Å². The number of ether oxygens (including phenoxy) is 1. The van der Waals surface area contributed by atoms with E-state index in [1.165, 1.54) is 20.0 Å². The third-order valence-corrected chi connectivity index (χ3v) is 3.04. The van der Waals surface area contributed by atoms with Gasteiger partial charge in [-0.1, -0.05) is 0 Å². The van der Waals surface area contributed by atoms with Gasteiger partial charge in [-0.2, -0.15) is 4.39 Å². The molecule has 1 saturated carbocycles. The molecule has 0 aromatic carbocycles. The molecule has 1 aliphatic rings. The fourth-order valence-corrected chi connectivity index (χ4v) is 2.04. The molecule has 1 aliphatic carbocycles. The zero-order chi connectivity index (χ0) is 11.3. The Morgan fingerprint density at radius 1 is 1.44 bits per heavy atom. The Hall–Kier alpha value is -1.58. The van der Waals surface area contributed by atoms with Crippen molar-refractivity contribution in [2.75, 3.05) is 7.11 Å². The predicted octanol–water partition coefficient (Wildman–Crippen LogP) is 2.67. The van der Waals surface area contributed by atoms with E-state index >= 15 is 0 Å². The van der Waals surface area contributed by atoms with E-state index in [4.69, 9.17) is 4.74 Å². The van der Waals surface area contributed by atoms with E-state index in [1.54, 1.807) is 4.40 Å². The number of aromatic nitrogens is 2. The summed E-state index contributed by atoms with van der Waals surface area (Å²) in [4.78, 5) is 4.33. The number of nitrogens with zero attached hydrogens (tertiary/aromatic N) is 2. The summed E-state index contributed by atoms with van der Waals surface area (Å²) in [6, 6.07) is 0. The van der Waals surface area contributed by atoms with Crippen LogP contribution < -0.4 is 4.74 Å². The average molecular weight is 220 g/mol. The summed E-state index contributed by atoms with van der Waals surface area (Å²) < 4.78 is 20.8. The minimum Gasteiger partial charge on any atom is -0.493 e. The third kappa shape index (κ3) is 1.29. The van der Waals surface area contributed by atoms with Crippen molar-refractivity contribution in [2.24, 2.45) is 0 Å². The molecule has 84 valence electrons. The zero-order valence-corrected chi connectivity index (χ0v) is 9.33. The Labute approximate surface area is 92.9 Å². The molecule has 0 radical (unpaired) electrons. The number of hydrogen-bond donors (Lipinski definition) is 0. The van der Waals surface area contributed by atoms with E-state index < -0.39 is 0 Å². The van der Waals surface area contributed by atoms with E-state index in [9.17, 15) is 4.39 Å². The number of fused-ring (bicyclic) bond motifs is 1. The molecule has 3 nitrogen and oxygen atoms in total. The summed E-state index contributed by atoms with van der Waals surface area (Å²) >= 11 is 0. The van der Waals surface area contributed by atoms with E-state index in [0.717, 1.165) is 11.3 Å². The Bertz CT molecular complexity index is 558. The van der Waals surface area contributed by atoms with Crippen LogP contribution in [0.15, 0.2) is 12.4 Å². The summed E-state index contributed by atoms with van der Waals surface area (Å²) in [5.74, 6) is 0.459. The Morgan fingerprint density at radius 3 is 2.81 bits per heavy atom. The van der Waals surface area contributed by atoms with Crippen molar-refractivity contribution in [3.05, 3.63) is 29.5 Å². The van der Waals surface area contributed by atoms with Crippen molar-refractivity contribution in [3.63, 3.8) is 0 Å². The highest BCUT2D eigenvalue weighted by Crippen LogP contribution is 2.40. The van der Waals surface area contributed by atoms with Crippen molar-refractivity contribution in [3.8, 4) is 5.75 Å². The van der Waals surface area contributed by atoms with E-state index in [2.05, 4.69) is 4.98 Å². The van der Waals surface area contributed by atoms with Crippen LogP contribution in [0.25, 0.3) is 5.65 Å². The third-order valence-electron chi connectivity index (χ3n) is 3.04. The fourth-order valence-electron chi connectivity index (χ4n) is 2.04. The van der Waals surface area contributed by atoms with Crippen LogP contribution in [0.3, 0.4) is 0 Å². The van der Waals surface area contributed by atoms with Crippen molar-refractivity contribution in [2.45, 2.75) is 25.7 Å².